The normalized spacial score (nSPS) is 28.8. The van der Waals surface area contributed by atoms with Crippen molar-refractivity contribution in [3.05, 3.63) is 0 Å². The number of rotatable bonds is 3. The quantitative estimate of drug-likeness (QED) is 0.649. The minimum atomic E-state index is 0.470. The van der Waals surface area contributed by atoms with E-state index in [1.54, 1.807) is 0 Å². The second kappa shape index (κ2) is 3.32. The number of hydrogen-bond donors (Lipinski definition) is 1. The minimum absolute atomic E-state index is 0.470. The van der Waals surface area contributed by atoms with Gasteiger partial charge in [0.2, 0.25) is 0 Å². The summed E-state index contributed by atoms with van der Waals surface area (Å²) in [4.78, 5) is 2.51. The summed E-state index contributed by atoms with van der Waals surface area (Å²) in [7, 11) is 2.08. The van der Waals surface area contributed by atoms with Gasteiger partial charge in [-0.15, -0.1) is 0 Å². The van der Waals surface area contributed by atoms with E-state index < -0.39 is 0 Å². The molecule has 3 nitrogen and oxygen atoms in total. The van der Waals surface area contributed by atoms with Crippen molar-refractivity contribution >= 4 is 0 Å². The number of morpholine rings is 1. The Morgan fingerprint density at radius 2 is 2.00 bits per heavy atom. The molecule has 0 aromatic heterocycles. The van der Waals surface area contributed by atoms with Gasteiger partial charge in [-0.2, -0.15) is 0 Å². The Balaban J connectivity index is 1.77. The van der Waals surface area contributed by atoms with Crippen molar-refractivity contribution in [3.63, 3.8) is 0 Å². The van der Waals surface area contributed by atoms with Crippen molar-refractivity contribution in [3.8, 4) is 0 Å². The van der Waals surface area contributed by atoms with Gasteiger partial charge in [-0.05, 0) is 19.9 Å². The number of ether oxygens (including phenoxy) is 1. The average molecular weight is 170 g/mol. The first-order valence-electron chi connectivity index (χ1n) is 4.84. The van der Waals surface area contributed by atoms with Gasteiger partial charge in [-0.25, -0.2) is 0 Å². The van der Waals surface area contributed by atoms with Gasteiger partial charge in [0.1, 0.15) is 0 Å². The van der Waals surface area contributed by atoms with Gasteiger partial charge in [0.25, 0.3) is 0 Å². The monoisotopic (exact) mass is 170 g/mol. The summed E-state index contributed by atoms with van der Waals surface area (Å²) in [6.45, 7) is 5.28. The fourth-order valence-electron chi connectivity index (χ4n) is 1.83. The van der Waals surface area contributed by atoms with E-state index in [0.29, 0.717) is 5.54 Å². The molecule has 12 heavy (non-hydrogen) atoms. The molecule has 2 rings (SSSR count). The van der Waals surface area contributed by atoms with Crippen LogP contribution in [-0.4, -0.2) is 50.3 Å². The van der Waals surface area contributed by atoms with Crippen LogP contribution in [0, 0.1) is 0 Å². The van der Waals surface area contributed by atoms with Crippen LogP contribution < -0.4 is 5.32 Å². The Morgan fingerprint density at radius 3 is 2.50 bits per heavy atom. The summed E-state index contributed by atoms with van der Waals surface area (Å²) in [6.07, 6.45) is 2.70. The maximum absolute atomic E-state index is 5.31. The van der Waals surface area contributed by atoms with Crippen molar-refractivity contribution in [1.82, 2.24) is 10.2 Å². The van der Waals surface area contributed by atoms with Crippen molar-refractivity contribution in [2.75, 3.05) is 39.9 Å². The predicted octanol–water partition coefficient (Wildman–Crippen LogP) is 0.0706. The lowest BCUT2D eigenvalue weighted by Gasteiger charge is -2.30. The Labute approximate surface area is 74.1 Å². The molecule has 0 aromatic carbocycles. The average Bonchev–Trinajstić information content (AvgIpc) is 2.88. The third-order valence-corrected chi connectivity index (χ3v) is 3.01. The van der Waals surface area contributed by atoms with E-state index in [2.05, 4.69) is 17.3 Å². The molecule has 0 spiro atoms. The van der Waals surface area contributed by atoms with Crippen LogP contribution in [0.1, 0.15) is 12.8 Å². The zero-order chi connectivity index (χ0) is 8.44. The van der Waals surface area contributed by atoms with Crippen LogP contribution in [0.2, 0.25) is 0 Å². The molecular formula is C9H18N2O. The molecule has 1 heterocycles. The van der Waals surface area contributed by atoms with Crippen LogP contribution in [0.3, 0.4) is 0 Å². The highest BCUT2D eigenvalue weighted by Crippen LogP contribution is 2.35. The van der Waals surface area contributed by atoms with Crippen LogP contribution in [0.25, 0.3) is 0 Å². The summed E-state index contributed by atoms with van der Waals surface area (Å²) in [6, 6.07) is 0. The molecule has 1 saturated carbocycles. The van der Waals surface area contributed by atoms with Crippen LogP contribution in [0.15, 0.2) is 0 Å². The summed E-state index contributed by atoms with van der Waals surface area (Å²) in [5.41, 5.74) is 0.470. The molecule has 0 radical (unpaired) electrons. The second-order valence-electron chi connectivity index (χ2n) is 3.92. The first kappa shape index (κ1) is 8.48. The SMILES string of the molecule is CNC1(CN2CCOCC2)CC1. The molecule has 0 unspecified atom stereocenters. The summed E-state index contributed by atoms with van der Waals surface area (Å²) in [5.74, 6) is 0. The van der Waals surface area contributed by atoms with E-state index >= 15 is 0 Å². The highest BCUT2D eigenvalue weighted by molar-refractivity contribution is 5.03. The van der Waals surface area contributed by atoms with E-state index in [4.69, 9.17) is 4.74 Å². The van der Waals surface area contributed by atoms with Crippen LogP contribution >= 0.6 is 0 Å². The van der Waals surface area contributed by atoms with E-state index in [1.807, 2.05) is 0 Å². The van der Waals surface area contributed by atoms with E-state index in [-0.39, 0.29) is 0 Å². The van der Waals surface area contributed by atoms with Gasteiger partial charge < -0.3 is 10.1 Å². The van der Waals surface area contributed by atoms with Gasteiger partial charge in [-0.3, -0.25) is 4.90 Å². The molecule has 3 heteroatoms. The minimum Gasteiger partial charge on any atom is -0.379 e. The fourth-order valence-corrected chi connectivity index (χ4v) is 1.83. The summed E-state index contributed by atoms with van der Waals surface area (Å²) < 4.78 is 5.31. The maximum Gasteiger partial charge on any atom is 0.0594 e. The molecule has 1 N–H and O–H groups in total. The Bertz CT molecular complexity index is 151. The lowest BCUT2D eigenvalue weighted by atomic mass is 10.2. The molecule has 1 aliphatic carbocycles. The maximum atomic E-state index is 5.31. The second-order valence-corrected chi connectivity index (χ2v) is 3.92. The number of nitrogens with one attached hydrogen (secondary N) is 1. The first-order valence-corrected chi connectivity index (χ1v) is 4.84. The first-order chi connectivity index (χ1) is 5.85. The smallest absolute Gasteiger partial charge is 0.0594 e. The molecule has 2 aliphatic rings. The van der Waals surface area contributed by atoms with Crippen molar-refractivity contribution in [2.24, 2.45) is 0 Å². The van der Waals surface area contributed by atoms with Gasteiger partial charge in [0.05, 0.1) is 13.2 Å². The third-order valence-electron chi connectivity index (χ3n) is 3.01. The Kier molecular flexibility index (Phi) is 2.35. The fraction of sp³-hybridized carbons (Fsp3) is 1.00. The molecule has 1 saturated heterocycles. The summed E-state index contributed by atoms with van der Waals surface area (Å²) >= 11 is 0. The van der Waals surface area contributed by atoms with Crippen molar-refractivity contribution in [2.45, 2.75) is 18.4 Å². The Morgan fingerprint density at radius 1 is 1.33 bits per heavy atom. The Hall–Kier alpha value is -0.120. The third kappa shape index (κ3) is 1.79. The van der Waals surface area contributed by atoms with Crippen LogP contribution in [0.5, 0.6) is 0 Å². The van der Waals surface area contributed by atoms with Crippen LogP contribution in [0.4, 0.5) is 0 Å². The zero-order valence-corrected chi connectivity index (χ0v) is 7.81. The molecule has 2 fully saturated rings. The topological polar surface area (TPSA) is 24.5 Å². The van der Waals surface area contributed by atoms with Gasteiger partial charge in [0, 0.05) is 25.2 Å². The molecule has 1 aliphatic heterocycles. The van der Waals surface area contributed by atoms with Crippen molar-refractivity contribution in [1.29, 1.82) is 0 Å². The molecule has 70 valence electrons. The van der Waals surface area contributed by atoms with E-state index in [1.165, 1.54) is 19.4 Å². The summed E-state index contributed by atoms with van der Waals surface area (Å²) in [5, 5.41) is 3.42. The largest absolute Gasteiger partial charge is 0.379 e. The zero-order valence-electron chi connectivity index (χ0n) is 7.81. The molecule has 0 atom stereocenters. The number of likely N-dealkylation sites (N-methyl/N-ethyl adjacent to an activating group) is 1. The molecule has 0 aromatic rings. The molecular weight excluding hydrogens is 152 g/mol. The highest BCUT2D eigenvalue weighted by Gasteiger charge is 2.42. The van der Waals surface area contributed by atoms with Gasteiger partial charge in [-0.1, -0.05) is 0 Å². The predicted molar refractivity (Wildman–Crippen MR) is 48.3 cm³/mol. The van der Waals surface area contributed by atoms with E-state index in [0.717, 1.165) is 26.3 Å². The highest BCUT2D eigenvalue weighted by atomic mass is 16.5. The molecule has 0 amide bonds. The van der Waals surface area contributed by atoms with Crippen molar-refractivity contribution < 1.29 is 4.74 Å². The van der Waals surface area contributed by atoms with Gasteiger partial charge >= 0.3 is 0 Å². The number of hydrogen-bond acceptors (Lipinski definition) is 3. The standard InChI is InChI=1S/C9H18N2O/c1-10-9(2-3-9)8-11-4-6-12-7-5-11/h10H,2-8H2,1H3. The van der Waals surface area contributed by atoms with Crippen LogP contribution in [-0.2, 0) is 4.74 Å². The van der Waals surface area contributed by atoms with E-state index in [9.17, 15) is 0 Å². The lowest BCUT2D eigenvalue weighted by molar-refractivity contribution is 0.0324. The van der Waals surface area contributed by atoms with Gasteiger partial charge in [0.15, 0.2) is 0 Å². The molecule has 0 bridgehead atoms. The number of nitrogens with zero attached hydrogens (tertiary/aromatic N) is 1. The lowest BCUT2D eigenvalue weighted by Crippen LogP contribution is -2.46.